The number of ketones is 1. The molecule has 2 heterocycles. The zero-order valence-corrected chi connectivity index (χ0v) is 24.0. The molecule has 2 N–H and O–H groups in total. The monoisotopic (exact) mass is 575 g/mol. The smallest absolute Gasteiger partial charge is 0.293 e. The van der Waals surface area contributed by atoms with Crippen LogP contribution in [0.15, 0.2) is 82.1 Å². The number of piperidine rings is 1. The van der Waals surface area contributed by atoms with Gasteiger partial charge in [0.05, 0.1) is 24.2 Å². The Morgan fingerprint density at radius 1 is 0.976 bits per heavy atom. The Morgan fingerprint density at radius 2 is 1.68 bits per heavy atom. The fraction of sp³-hybridized carbons (Fsp3) is 0.290. The summed E-state index contributed by atoms with van der Waals surface area (Å²) in [5.74, 6) is 0.407. The fourth-order valence-electron chi connectivity index (χ4n) is 5.29. The lowest BCUT2D eigenvalue weighted by Crippen LogP contribution is -2.42. The van der Waals surface area contributed by atoms with Gasteiger partial charge >= 0.3 is 0 Å². The number of nitrogens with zero attached hydrogens (tertiary/aromatic N) is 1. The standard InChI is InChI=1S/C31H33N3O6S/c1-20-15-21(2)19-34(18-20)41(37,38)25-8-6-7-22(16-25)27(35)17-32-29-26-9-4-5-10-28(26)40-30(29)31(36)33-23-11-13-24(39-3)14-12-23/h4-14,16,20-21,32H,15,17-19H2,1-3H3,(H,33,36). The number of ether oxygens (including phenoxy) is 1. The third-order valence-electron chi connectivity index (χ3n) is 7.20. The van der Waals surface area contributed by atoms with E-state index >= 15 is 0 Å². The minimum absolute atomic E-state index is 0.0273. The van der Waals surface area contributed by atoms with Crippen LogP contribution in [0.2, 0.25) is 0 Å². The molecule has 5 rings (SSSR count). The maximum absolute atomic E-state index is 13.4. The summed E-state index contributed by atoms with van der Waals surface area (Å²) in [5.41, 5.74) is 1.67. The Morgan fingerprint density at radius 3 is 2.39 bits per heavy atom. The SMILES string of the molecule is COc1ccc(NC(=O)c2oc3ccccc3c2NCC(=O)c2cccc(S(=O)(=O)N3CC(C)CC(C)C3)c2)cc1. The average molecular weight is 576 g/mol. The van der Waals surface area contributed by atoms with E-state index in [2.05, 4.69) is 24.5 Å². The van der Waals surface area contributed by atoms with Crippen LogP contribution in [0.3, 0.4) is 0 Å². The van der Waals surface area contributed by atoms with Crippen molar-refractivity contribution in [2.75, 3.05) is 37.4 Å². The predicted octanol–water partition coefficient (Wildman–Crippen LogP) is 5.66. The molecule has 2 unspecified atom stereocenters. The molecule has 1 aromatic heterocycles. The highest BCUT2D eigenvalue weighted by molar-refractivity contribution is 7.89. The summed E-state index contributed by atoms with van der Waals surface area (Å²) in [6.07, 6.45) is 0.985. The second-order valence-electron chi connectivity index (χ2n) is 10.6. The summed E-state index contributed by atoms with van der Waals surface area (Å²) in [5, 5.41) is 6.52. The van der Waals surface area contributed by atoms with Crippen LogP contribution < -0.4 is 15.4 Å². The normalized spacial score (nSPS) is 17.7. The van der Waals surface area contributed by atoms with Crippen molar-refractivity contribution in [3.05, 3.63) is 84.1 Å². The first-order valence-corrected chi connectivity index (χ1v) is 14.9. The Labute approximate surface area is 239 Å². The van der Waals surface area contributed by atoms with Crippen molar-refractivity contribution in [3.63, 3.8) is 0 Å². The number of rotatable bonds is 9. The third-order valence-corrected chi connectivity index (χ3v) is 9.03. The van der Waals surface area contributed by atoms with Gasteiger partial charge in [-0.15, -0.1) is 0 Å². The van der Waals surface area contributed by atoms with E-state index in [-0.39, 0.29) is 40.4 Å². The number of sulfonamides is 1. The van der Waals surface area contributed by atoms with E-state index in [1.165, 1.54) is 16.4 Å². The van der Waals surface area contributed by atoms with Crippen LogP contribution in [-0.4, -0.2) is 51.2 Å². The van der Waals surface area contributed by atoms with Crippen LogP contribution in [0.5, 0.6) is 5.75 Å². The van der Waals surface area contributed by atoms with Crippen LogP contribution in [0.4, 0.5) is 11.4 Å². The van der Waals surface area contributed by atoms with Crippen molar-refractivity contribution < 1.29 is 27.2 Å². The molecule has 10 heteroatoms. The molecule has 0 bridgehead atoms. The van der Waals surface area contributed by atoms with Crippen molar-refractivity contribution in [2.24, 2.45) is 11.8 Å². The molecule has 4 aromatic rings. The lowest BCUT2D eigenvalue weighted by molar-refractivity contribution is 0.0990. The number of carbonyl (C=O) groups is 2. The van der Waals surface area contributed by atoms with Gasteiger partial charge in [-0.25, -0.2) is 8.42 Å². The topological polar surface area (TPSA) is 118 Å². The number of methoxy groups -OCH3 is 1. The van der Waals surface area contributed by atoms with Crippen molar-refractivity contribution in [1.29, 1.82) is 0 Å². The van der Waals surface area contributed by atoms with E-state index in [1.54, 1.807) is 61.7 Å². The Balaban J connectivity index is 1.35. The highest BCUT2D eigenvalue weighted by atomic mass is 32.2. The van der Waals surface area contributed by atoms with Gasteiger partial charge in [0.1, 0.15) is 11.3 Å². The van der Waals surface area contributed by atoms with Crippen LogP contribution in [0.1, 0.15) is 41.2 Å². The van der Waals surface area contributed by atoms with Gasteiger partial charge in [0.25, 0.3) is 5.91 Å². The van der Waals surface area contributed by atoms with Crippen LogP contribution in [-0.2, 0) is 10.0 Å². The van der Waals surface area contributed by atoms with Crippen LogP contribution in [0, 0.1) is 11.8 Å². The van der Waals surface area contributed by atoms with Crippen molar-refractivity contribution in [1.82, 2.24) is 4.31 Å². The highest BCUT2D eigenvalue weighted by Crippen LogP contribution is 2.32. The first-order valence-electron chi connectivity index (χ1n) is 13.5. The van der Waals surface area contributed by atoms with E-state index in [1.807, 2.05) is 6.07 Å². The summed E-state index contributed by atoms with van der Waals surface area (Å²) < 4.78 is 39.3. The van der Waals surface area contributed by atoms with Crippen molar-refractivity contribution >= 4 is 44.1 Å². The van der Waals surface area contributed by atoms with Gasteiger partial charge in [-0.05, 0) is 66.8 Å². The van der Waals surface area contributed by atoms with Gasteiger partial charge in [0.2, 0.25) is 15.8 Å². The van der Waals surface area contributed by atoms with Gasteiger partial charge < -0.3 is 19.8 Å². The highest BCUT2D eigenvalue weighted by Gasteiger charge is 2.32. The molecule has 1 aliphatic heterocycles. The minimum Gasteiger partial charge on any atom is -0.497 e. The number of para-hydroxylation sites is 1. The summed E-state index contributed by atoms with van der Waals surface area (Å²) in [7, 11) is -2.18. The average Bonchev–Trinajstić information content (AvgIpc) is 3.34. The maximum Gasteiger partial charge on any atom is 0.293 e. The van der Waals surface area contributed by atoms with Gasteiger partial charge in [-0.2, -0.15) is 4.31 Å². The van der Waals surface area contributed by atoms with Crippen molar-refractivity contribution in [3.8, 4) is 5.75 Å². The Hall–Kier alpha value is -4.15. The molecule has 0 aliphatic carbocycles. The van der Waals surface area contributed by atoms with E-state index in [9.17, 15) is 18.0 Å². The molecule has 3 aromatic carbocycles. The largest absolute Gasteiger partial charge is 0.497 e. The fourth-order valence-corrected chi connectivity index (χ4v) is 7.02. The lowest BCUT2D eigenvalue weighted by Gasteiger charge is -2.34. The molecular weight excluding hydrogens is 542 g/mol. The second-order valence-corrected chi connectivity index (χ2v) is 12.5. The second kappa shape index (κ2) is 11.8. The summed E-state index contributed by atoms with van der Waals surface area (Å²) in [6.45, 7) is 4.85. The van der Waals surface area contributed by atoms with Crippen LogP contribution >= 0.6 is 0 Å². The van der Waals surface area contributed by atoms with Crippen LogP contribution in [0.25, 0.3) is 11.0 Å². The lowest BCUT2D eigenvalue weighted by atomic mass is 9.94. The first-order chi connectivity index (χ1) is 19.7. The van der Waals surface area contributed by atoms with Crippen molar-refractivity contribution in [2.45, 2.75) is 25.2 Å². The van der Waals surface area contributed by atoms with Gasteiger partial charge in [0.15, 0.2) is 5.78 Å². The molecule has 214 valence electrons. The zero-order chi connectivity index (χ0) is 29.1. The zero-order valence-electron chi connectivity index (χ0n) is 23.2. The minimum atomic E-state index is -3.74. The van der Waals surface area contributed by atoms with Gasteiger partial charge in [-0.1, -0.05) is 38.1 Å². The number of amides is 1. The number of carbonyl (C=O) groups excluding carboxylic acids is 2. The molecule has 1 fully saturated rings. The van der Waals surface area contributed by atoms with E-state index in [4.69, 9.17) is 9.15 Å². The molecule has 41 heavy (non-hydrogen) atoms. The van der Waals surface area contributed by atoms with Gasteiger partial charge in [-0.3, -0.25) is 9.59 Å². The van der Waals surface area contributed by atoms with E-state index in [0.29, 0.717) is 41.2 Å². The van der Waals surface area contributed by atoms with E-state index < -0.39 is 15.9 Å². The Bertz CT molecular complexity index is 1670. The number of hydrogen-bond acceptors (Lipinski definition) is 7. The molecule has 0 saturated carbocycles. The molecule has 0 spiro atoms. The number of anilines is 2. The summed E-state index contributed by atoms with van der Waals surface area (Å²) in [6, 6.07) is 20.1. The third kappa shape index (κ3) is 6.13. The summed E-state index contributed by atoms with van der Waals surface area (Å²) >= 11 is 0. The summed E-state index contributed by atoms with van der Waals surface area (Å²) in [4.78, 5) is 26.5. The predicted molar refractivity (Wildman–Crippen MR) is 158 cm³/mol. The number of nitrogens with one attached hydrogen (secondary N) is 2. The van der Waals surface area contributed by atoms with Gasteiger partial charge in [0, 0.05) is 29.7 Å². The maximum atomic E-state index is 13.4. The Kier molecular flexibility index (Phi) is 8.14. The number of Topliss-reactive ketones (excluding diaryl/α,β-unsaturated/α-hetero) is 1. The molecule has 9 nitrogen and oxygen atoms in total. The molecule has 2 atom stereocenters. The van der Waals surface area contributed by atoms with E-state index in [0.717, 1.165) is 6.42 Å². The number of hydrogen-bond donors (Lipinski definition) is 2. The molecule has 0 radical (unpaired) electrons. The molecular formula is C31H33N3O6S. The number of benzene rings is 3. The quantitative estimate of drug-likeness (QED) is 0.248. The molecule has 1 aliphatic rings. The molecule has 1 amide bonds. The first kappa shape index (κ1) is 28.4. The molecule has 1 saturated heterocycles. The number of fused-ring (bicyclic) bond motifs is 1. The number of furan rings is 1.